The van der Waals surface area contributed by atoms with E-state index >= 15 is 0 Å². The summed E-state index contributed by atoms with van der Waals surface area (Å²) in [4.78, 5) is 15.5. The van der Waals surface area contributed by atoms with E-state index in [-0.39, 0.29) is 5.41 Å². The number of aromatic nitrogens is 3. The lowest BCUT2D eigenvalue weighted by Gasteiger charge is -2.21. The van der Waals surface area contributed by atoms with E-state index in [1.165, 1.54) is 64.7 Å². The van der Waals surface area contributed by atoms with Gasteiger partial charge in [0.05, 0.1) is 0 Å². The van der Waals surface area contributed by atoms with Gasteiger partial charge in [-0.1, -0.05) is 166 Å². The van der Waals surface area contributed by atoms with E-state index in [0.717, 1.165) is 16.7 Å². The van der Waals surface area contributed by atoms with Crippen LogP contribution in [0.25, 0.3) is 87.7 Å². The van der Waals surface area contributed by atoms with E-state index in [1.807, 2.05) is 29.5 Å². The Morgan fingerprint density at radius 2 is 0.865 bits per heavy atom. The Morgan fingerprint density at radius 3 is 1.60 bits per heavy atom. The summed E-state index contributed by atoms with van der Waals surface area (Å²) in [6.07, 6.45) is 0. The molecule has 0 fully saturated rings. The van der Waals surface area contributed by atoms with Crippen molar-refractivity contribution in [2.45, 2.75) is 19.3 Å². The van der Waals surface area contributed by atoms with Crippen LogP contribution in [-0.4, -0.2) is 15.0 Å². The highest BCUT2D eigenvalue weighted by Crippen LogP contribution is 2.49. The number of nitrogens with zero attached hydrogens (tertiary/aromatic N) is 3. The zero-order valence-electron chi connectivity index (χ0n) is 28.8. The first-order valence-electron chi connectivity index (χ1n) is 17.7. The Labute approximate surface area is 307 Å². The van der Waals surface area contributed by atoms with Crippen LogP contribution in [0.3, 0.4) is 0 Å². The monoisotopic (exact) mass is 683 g/mol. The van der Waals surface area contributed by atoms with E-state index in [0.29, 0.717) is 17.5 Å². The van der Waals surface area contributed by atoms with Gasteiger partial charge in [-0.15, -0.1) is 11.3 Å². The summed E-state index contributed by atoms with van der Waals surface area (Å²) in [5, 5.41) is 2.45. The van der Waals surface area contributed by atoms with Crippen LogP contribution in [0.2, 0.25) is 0 Å². The number of hydrogen-bond donors (Lipinski definition) is 0. The van der Waals surface area contributed by atoms with E-state index in [9.17, 15) is 0 Å². The number of rotatable bonds is 5. The van der Waals surface area contributed by atoms with Crippen molar-refractivity contribution in [3.05, 3.63) is 175 Å². The van der Waals surface area contributed by atoms with Crippen LogP contribution < -0.4 is 0 Å². The van der Waals surface area contributed by atoms with Gasteiger partial charge in [0.1, 0.15) is 0 Å². The van der Waals surface area contributed by atoms with Crippen LogP contribution in [0.1, 0.15) is 25.0 Å². The predicted molar refractivity (Wildman–Crippen MR) is 217 cm³/mol. The van der Waals surface area contributed by atoms with E-state index < -0.39 is 0 Å². The summed E-state index contributed by atoms with van der Waals surface area (Å²) < 4.78 is 2.43. The molecule has 0 unspecified atom stereocenters. The second kappa shape index (κ2) is 11.9. The third-order valence-corrected chi connectivity index (χ3v) is 11.9. The fourth-order valence-corrected chi connectivity index (χ4v) is 9.24. The number of fused-ring (bicyclic) bond motifs is 6. The lowest BCUT2D eigenvalue weighted by molar-refractivity contribution is 0.660. The Balaban J connectivity index is 1.13. The van der Waals surface area contributed by atoms with Crippen molar-refractivity contribution in [2.24, 2.45) is 0 Å². The molecule has 2 aromatic heterocycles. The molecule has 0 saturated carbocycles. The third kappa shape index (κ3) is 4.90. The third-order valence-electron chi connectivity index (χ3n) is 10.6. The zero-order valence-corrected chi connectivity index (χ0v) is 29.7. The molecule has 52 heavy (non-hydrogen) atoms. The normalized spacial score (nSPS) is 13.0. The van der Waals surface area contributed by atoms with Crippen molar-refractivity contribution < 1.29 is 0 Å². The Kier molecular flexibility index (Phi) is 7.02. The van der Waals surface area contributed by atoms with Crippen molar-refractivity contribution in [3.8, 4) is 67.5 Å². The van der Waals surface area contributed by atoms with Gasteiger partial charge in [-0.25, -0.2) is 15.0 Å². The average Bonchev–Trinajstić information content (AvgIpc) is 3.70. The Hall–Kier alpha value is -6.23. The van der Waals surface area contributed by atoms with Crippen LogP contribution >= 0.6 is 11.3 Å². The lowest BCUT2D eigenvalue weighted by Crippen LogP contribution is -2.14. The zero-order chi connectivity index (χ0) is 34.8. The van der Waals surface area contributed by atoms with Crippen molar-refractivity contribution in [3.63, 3.8) is 0 Å². The summed E-state index contributed by atoms with van der Waals surface area (Å²) in [6, 6.07) is 58.3. The average molecular weight is 684 g/mol. The van der Waals surface area contributed by atoms with Gasteiger partial charge >= 0.3 is 0 Å². The largest absolute Gasteiger partial charge is 0.208 e. The maximum Gasteiger partial charge on any atom is 0.165 e. The highest BCUT2D eigenvalue weighted by Gasteiger charge is 2.35. The molecule has 0 N–H and O–H groups in total. The van der Waals surface area contributed by atoms with E-state index in [2.05, 4.69) is 159 Å². The fraction of sp³-hybridized carbons (Fsp3) is 0.0625. The molecule has 1 aliphatic carbocycles. The van der Waals surface area contributed by atoms with Crippen LogP contribution in [0.5, 0.6) is 0 Å². The minimum absolute atomic E-state index is 0.0659. The molecule has 2 heterocycles. The first-order chi connectivity index (χ1) is 25.5. The highest BCUT2D eigenvalue weighted by molar-refractivity contribution is 7.26. The van der Waals surface area contributed by atoms with Crippen LogP contribution in [0.4, 0.5) is 0 Å². The lowest BCUT2D eigenvalue weighted by atomic mass is 9.82. The molecule has 9 aromatic rings. The molecule has 4 heteroatoms. The first-order valence-corrected chi connectivity index (χ1v) is 18.5. The summed E-state index contributed by atoms with van der Waals surface area (Å²) in [7, 11) is 0. The Morgan fingerprint density at radius 1 is 0.365 bits per heavy atom. The van der Waals surface area contributed by atoms with Gasteiger partial charge < -0.3 is 0 Å². The molecule has 7 aromatic carbocycles. The predicted octanol–water partition coefficient (Wildman–Crippen LogP) is 12.9. The number of thiophene rings is 1. The van der Waals surface area contributed by atoms with Crippen LogP contribution in [0, 0.1) is 0 Å². The molecular weight excluding hydrogens is 651 g/mol. The van der Waals surface area contributed by atoms with Gasteiger partial charge in [0.25, 0.3) is 0 Å². The maximum atomic E-state index is 5.24. The van der Waals surface area contributed by atoms with Crippen molar-refractivity contribution >= 4 is 31.5 Å². The summed E-state index contributed by atoms with van der Waals surface area (Å²) >= 11 is 1.82. The van der Waals surface area contributed by atoms with Gasteiger partial charge in [-0.05, 0) is 56.6 Å². The van der Waals surface area contributed by atoms with Gasteiger partial charge in [-0.2, -0.15) is 0 Å². The summed E-state index contributed by atoms with van der Waals surface area (Å²) in [6.45, 7) is 4.62. The SMILES string of the molecule is CC1(C)c2ccccc2-c2cc(-c3nc(-c4ccccc4)nc(-c4cccc5c4sc4c(-c6ccc(-c7ccccc7)cc6)cccc45)n3)ccc21. The molecule has 0 atom stereocenters. The minimum atomic E-state index is -0.0659. The van der Waals surface area contributed by atoms with Crippen molar-refractivity contribution in [1.29, 1.82) is 0 Å². The molecule has 0 spiro atoms. The highest BCUT2D eigenvalue weighted by atomic mass is 32.1. The molecule has 1 aliphatic rings. The maximum absolute atomic E-state index is 5.24. The summed E-state index contributed by atoms with van der Waals surface area (Å²) in [5.41, 5.74) is 13.0. The molecule has 0 radical (unpaired) electrons. The molecule has 10 rings (SSSR count). The second-order valence-electron chi connectivity index (χ2n) is 14.0. The van der Waals surface area contributed by atoms with Gasteiger partial charge in [-0.3, -0.25) is 0 Å². The molecule has 3 nitrogen and oxygen atoms in total. The Bertz CT molecular complexity index is 2800. The quantitative estimate of drug-likeness (QED) is 0.181. The molecule has 0 bridgehead atoms. The van der Waals surface area contributed by atoms with Crippen LogP contribution in [-0.2, 0) is 5.41 Å². The summed E-state index contributed by atoms with van der Waals surface area (Å²) in [5.74, 6) is 2.02. The van der Waals surface area contributed by atoms with Crippen LogP contribution in [0.15, 0.2) is 164 Å². The number of hydrogen-bond acceptors (Lipinski definition) is 4. The van der Waals surface area contributed by atoms with Gasteiger partial charge in [0.15, 0.2) is 17.5 Å². The van der Waals surface area contributed by atoms with Crippen molar-refractivity contribution in [2.75, 3.05) is 0 Å². The van der Waals surface area contributed by atoms with Crippen molar-refractivity contribution in [1.82, 2.24) is 15.0 Å². The topological polar surface area (TPSA) is 38.7 Å². The number of benzene rings is 7. The van der Waals surface area contributed by atoms with Gasteiger partial charge in [0, 0.05) is 42.3 Å². The smallest absolute Gasteiger partial charge is 0.165 e. The minimum Gasteiger partial charge on any atom is -0.208 e. The van der Waals surface area contributed by atoms with Gasteiger partial charge in [0.2, 0.25) is 0 Å². The first kappa shape index (κ1) is 30.6. The second-order valence-corrected chi connectivity index (χ2v) is 15.0. The molecule has 0 amide bonds. The molecule has 0 aliphatic heterocycles. The molecular formula is C48H33N3S. The fourth-order valence-electron chi connectivity index (χ4n) is 7.90. The molecule has 0 saturated heterocycles. The standard InChI is InChI=1S/C48H33N3S/c1-48(2)41-22-10-9-17-36(41)40-29-34(27-28-42(40)48)46-49-45(33-15-7-4-8-16-33)50-47(51-46)39-21-12-20-38-37-19-11-18-35(43(37)52-44(38)39)32-25-23-31(24-26-32)30-13-5-3-6-14-30/h3-29H,1-2H3. The molecule has 246 valence electrons. The van der Waals surface area contributed by atoms with E-state index in [4.69, 9.17) is 15.0 Å². The van der Waals surface area contributed by atoms with E-state index in [1.54, 1.807) is 0 Å².